The van der Waals surface area contributed by atoms with Crippen LogP contribution in [0.3, 0.4) is 0 Å². The average molecular weight is 256 g/mol. The van der Waals surface area contributed by atoms with Crippen molar-refractivity contribution >= 4 is 5.91 Å². The summed E-state index contributed by atoms with van der Waals surface area (Å²) in [5.41, 5.74) is -0.113. The third kappa shape index (κ3) is 4.58. The Morgan fingerprint density at radius 3 is 2.61 bits per heavy atom. The van der Waals surface area contributed by atoms with Gasteiger partial charge in [0, 0.05) is 20.3 Å². The van der Waals surface area contributed by atoms with Gasteiger partial charge in [-0.25, -0.2) is 0 Å². The van der Waals surface area contributed by atoms with Gasteiger partial charge in [-0.2, -0.15) is 0 Å². The standard InChI is InChI=1S/C14H28N2O2/c1-3-14(7-10-15-11-8-14)13(17)16-9-5-4-6-12-18-2/h15H,3-12H2,1-2H3,(H,16,17). The van der Waals surface area contributed by atoms with Crippen molar-refractivity contribution in [2.75, 3.05) is 33.4 Å². The van der Waals surface area contributed by atoms with Gasteiger partial charge in [0.2, 0.25) is 5.91 Å². The molecular weight excluding hydrogens is 228 g/mol. The summed E-state index contributed by atoms with van der Waals surface area (Å²) in [6.45, 7) is 5.68. The lowest BCUT2D eigenvalue weighted by molar-refractivity contribution is -0.132. The number of hydrogen-bond donors (Lipinski definition) is 2. The Kier molecular flexibility index (Phi) is 7.28. The number of carbonyl (C=O) groups is 1. The number of ether oxygens (including phenoxy) is 1. The zero-order chi connectivity index (χ0) is 13.3. The van der Waals surface area contributed by atoms with Crippen LogP contribution in [0.15, 0.2) is 0 Å². The normalized spacial score (nSPS) is 18.6. The van der Waals surface area contributed by atoms with Gasteiger partial charge in [-0.15, -0.1) is 0 Å². The van der Waals surface area contributed by atoms with Crippen molar-refractivity contribution in [3.63, 3.8) is 0 Å². The van der Waals surface area contributed by atoms with E-state index in [9.17, 15) is 4.79 Å². The number of unbranched alkanes of at least 4 members (excludes halogenated alkanes) is 2. The molecule has 1 heterocycles. The highest BCUT2D eigenvalue weighted by atomic mass is 16.5. The van der Waals surface area contributed by atoms with E-state index in [4.69, 9.17) is 4.74 Å². The number of amides is 1. The number of methoxy groups -OCH3 is 1. The first kappa shape index (κ1) is 15.4. The van der Waals surface area contributed by atoms with Crippen molar-refractivity contribution < 1.29 is 9.53 Å². The largest absolute Gasteiger partial charge is 0.385 e. The van der Waals surface area contributed by atoms with E-state index in [2.05, 4.69) is 17.6 Å². The molecule has 0 aromatic rings. The number of piperidine rings is 1. The van der Waals surface area contributed by atoms with Crippen LogP contribution in [0, 0.1) is 5.41 Å². The molecule has 106 valence electrons. The summed E-state index contributed by atoms with van der Waals surface area (Å²) in [5, 5.41) is 6.44. The van der Waals surface area contributed by atoms with E-state index >= 15 is 0 Å². The van der Waals surface area contributed by atoms with Gasteiger partial charge in [0.1, 0.15) is 0 Å². The Hall–Kier alpha value is -0.610. The highest BCUT2D eigenvalue weighted by Crippen LogP contribution is 2.32. The Morgan fingerprint density at radius 2 is 2.00 bits per heavy atom. The van der Waals surface area contributed by atoms with Crippen LogP contribution < -0.4 is 10.6 Å². The van der Waals surface area contributed by atoms with E-state index in [1.807, 2.05) is 0 Å². The molecule has 0 atom stereocenters. The van der Waals surface area contributed by atoms with Gasteiger partial charge in [0.15, 0.2) is 0 Å². The van der Waals surface area contributed by atoms with Crippen LogP contribution in [0.1, 0.15) is 45.4 Å². The maximum Gasteiger partial charge on any atom is 0.226 e. The van der Waals surface area contributed by atoms with Crippen LogP contribution in [0.2, 0.25) is 0 Å². The van der Waals surface area contributed by atoms with E-state index in [-0.39, 0.29) is 11.3 Å². The summed E-state index contributed by atoms with van der Waals surface area (Å²) >= 11 is 0. The molecule has 0 saturated carbocycles. The molecule has 0 aliphatic carbocycles. The van der Waals surface area contributed by atoms with Gasteiger partial charge < -0.3 is 15.4 Å². The summed E-state index contributed by atoms with van der Waals surface area (Å²) in [6.07, 6.45) is 6.14. The van der Waals surface area contributed by atoms with Crippen LogP contribution in [0.25, 0.3) is 0 Å². The molecule has 1 aliphatic rings. The van der Waals surface area contributed by atoms with Crippen molar-refractivity contribution in [1.29, 1.82) is 0 Å². The molecule has 18 heavy (non-hydrogen) atoms. The van der Waals surface area contributed by atoms with E-state index < -0.39 is 0 Å². The van der Waals surface area contributed by atoms with E-state index in [1.54, 1.807) is 7.11 Å². The lowest BCUT2D eigenvalue weighted by Gasteiger charge is -2.35. The Labute approximate surface area is 111 Å². The van der Waals surface area contributed by atoms with Gasteiger partial charge >= 0.3 is 0 Å². The molecule has 1 rings (SSSR count). The molecule has 0 radical (unpaired) electrons. The van der Waals surface area contributed by atoms with Gasteiger partial charge in [0.05, 0.1) is 5.41 Å². The monoisotopic (exact) mass is 256 g/mol. The topological polar surface area (TPSA) is 50.4 Å². The molecule has 4 heteroatoms. The number of nitrogens with one attached hydrogen (secondary N) is 2. The van der Waals surface area contributed by atoms with Crippen molar-refractivity contribution in [2.45, 2.75) is 45.4 Å². The van der Waals surface area contributed by atoms with Gasteiger partial charge in [-0.3, -0.25) is 4.79 Å². The summed E-state index contributed by atoms with van der Waals surface area (Å²) in [6, 6.07) is 0. The van der Waals surface area contributed by atoms with Crippen molar-refractivity contribution in [2.24, 2.45) is 5.41 Å². The van der Waals surface area contributed by atoms with E-state index in [0.717, 1.165) is 64.8 Å². The zero-order valence-corrected chi connectivity index (χ0v) is 11.9. The summed E-state index contributed by atoms with van der Waals surface area (Å²) in [7, 11) is 1.73. The quantitative estimate of drug-likeness (QED) is 0.650. The molecular formula is C14H28N2O2. The maximum absolute atomic E-state index is 12.3. The highest BCUT2D eigenvalue weighted by molar-refractivity contribution is 5.82. The average Bonchev–Trinajstić information content (AvgIpc) is 2.43. The van der Waals surface area contributed by atoms with Crippen LogP contribution in [-0.4, -0.2) is 39.3 Å². The SMILES string of the molecule is CCC1(C(=O)NCCCCCOC)CCNCC1. The second kappa shape index (κ2) is 8.48. The van der Waals surface area contributed by atoms with Gasteiger partial charge in [0.25, 0.3) is 0 Å². The third-order valence-electron chi connectivity index (χ3n) is 4.03. The minimum atomic E-state index is -0.113. The molecule has 4 nitrogen and oxygen atoms in total. The lowest BCUT2D eigenvalue weighted by atomic mass is 9.76. The van der Waals surface area contributed by atoms with Crippen molar-refractivity contribution in [1.82, 2.24) is 10.6 Å². The first-order valence-corrected chi connectivity index (χ1v) is 7.23. The Morgan fingerprint density at radius 1 is 1.28 bits per heavy atom. The molecule has 2 N–H and O–H groups in total. The van der Waals surface area contributed by atoms with E-state index in [0.29, 0.717) is 0 Å². The summed E-state index contributed by atoms with van der Waals surface area (Å²) < 4.78 is 5.00. The predicted molar refractivity (Wildman–Crippen MR) is 73.6 cm³/mol. The van der Waals surface area contributed by atoms with E-state index in [1.165, 1.54) is 0 Å². The first-order valence-electron chi connectivity index (χ1n) is 7.23. The molecule has 1 fully saturated rings. The number of hydrogen-bond acceptors (Lipinski definition) is 3. The van der Waals surface area contributed by atoms with Gasteiger partial charge in [-0.05, 0) is 51.6 Å². The fourth-order valence-corrected chi connectivity index (χ4v) is 2.58. The first-order chi connectivity index (χ1) is 8.75. The van der Waals surface area contributed by atoms with Crippen LogP contribution >= 0.6 is 0 Å². The molecule has 0 spiro atoms. The number of rotatable bonds is 8. The Bertz CT molecular complexity index is 238. The predicted octanol–water partition coefficient (Wildman–Crippen LogP) is 1.70. The smallest absolute Gasteiger partial charge is 0.226 e. The van der Waals surface area contributed by atoms with Crippen LogP contribution in [0.4, 0.5) is 0 Å². The van der Waals surface area contributed by atoms with Crippen molar-refractivity contribution in [3.05, 3.63) is 0 Å². The number of carbonyl (C=O) groups excluding carboxylic acids is 1. The molecule has 1 saturated heterocycles. The third-order valence-corrected chi connectivity index (χ3v) is 4.03. The highest BCUT2D eigenvalue weighted by Gasteiger charge is 2.37. The summed E-state index contributed by atoms with van der Waals surface area (Å²) in [5.74, 6) is 0.262. The zero-order valence-electron chi connectivity index (χ0n) is 11.9. The van der Waals surface area contributed by atoms with Crippen LogP contribution in [0.5, 0.6) is 0 Å². The molecule has 0 aromatic carbocycles. The van der Waals surface area contributed by atoms with Crippen molar-refractivity contribution in [3.8, 4) is 0 Å². The fraction of sp³-hybridized carbons (Fsp3) is 0.929. The maximum atomic E-state index is 12.3. The molecule has 0 unspecified atom stereocenters. The molecule has 1 aliphatic heterocycles. The minimum absolute atomic E-state index is 0.113. The molecule has 0 aromatic heterocycles. The molecule has 1 amide bonds. The van der Waals surface area contributed by atoms with Gasteiger partial charge in [-0.1, -0.05) is 6.92 Å². The minimum Gasteiger partial charge on any atom is -0.385 e. The second-order valence-corrected chi connectivity index (χ2v) is 5.19. The Balaban J connectivity index is 2.21. The summed E-state index contributed by atoms with van der Waals surface area (Å²) in [4.78, 5) is 12.3. The lowest BCUT2D eigenvalue weighted by Crippen LogP contribution is -2.47. The van der Waals surface area contributed by atoms with Crippen LogP contribution in [-0.2, 0) is 9.53 Å². The molecule has 0 bridgehead atoms. The fourth-order valence-electron chi connectivity index (χ4n) is 2.58. The second-order valence-electron chi connectivity index (χ2n) is 5.19.